The maximum Gasteiger partial charge on any atom is 0.0192 e. The van der Waals surface area contributed by atoms with Crippen LogP contribution in [0.2, 0.25) is 0 Å². The minimum absolute atomic E-state index is 0.264. The normalized spacial score (nSPS) is 16.4. The van der Waals surface area contributed by atoms with Crippen LogP contribution in [-0.2, 0) is 0 Å². The van der Waals surface area contributed by atoms with Crippen LogP contribution in [0.3, 0.4) is 0 Å². The average molecular weight is 585 g/mol. The average Bonchev–Trinajstić information content (AvgIpc) is 2.89. The van der Waals surface area contributed by atoms with Crippen LogP contribution in [0.15, 0.2) is 0 Å². The van der Waals surface area contributed by atoms with Crippen LogP contribution in [0.25, 0.3) is 0 Å². The number of nitrogens with one attached hydrogen (secondary N) is 4. The van der Waals surface area contributed by atoms with Gasteiger partial charge in [-0.1, -0.05) is 38.5 Å². The molecule has 0 saturated heterocycles. The number of rotatable bonds is 32. The predicted molar refractivity (Wildman–Crippen MR) is 182 cm³/mol. The third kappa shape index (κ3) is 32.4. The first-order chi connectivity index (χ1) is 19.7. The van der Waals surface area contributed by atoms with Crippen molar-refractivity contribution in [2.24, 2.45) is 28.9 Å². The summed E-state index contributed by atoms with van der Waals surface area (Å²) in [5, 5.41) is 14.8. The highest BCUT2D eigenvalue weighted by atomic mass is 15.0. The predicted octanol–water partition coefficient (Wildman–Crippen LogP) is 3.96. The number of hydrogen-bond donors (Lipinski definition) is 8. The Morgan fingerprint density at radius 3 is 1.51 bits per heavy atom. The lowest BCUT2D eigenvalue weighted by Gasteiger charge is -2.20. The Labute approximate surface area is 256 Å². The summed E-state index contributed by atoms with van der Waals surface area (Å²) in [4.78, 5) is 0. The molecule has 0 aromatic rings. The Hall–Kier alpha value is -0.320. The summed E-state index contributed by atoms with van der Waals surface area (Å²) in [7, 11) is 0. The lowest BCUT2D eigenvalue weighted by molar-refractivity contribution is 0.380. The highest BCUT2D eigenvalue weighted by Crippen LogP contribution is 2.15. The number of unbranched alkanes of at least 4 members (excludes halogenated alkanes) is 5. The van der Waals surface area contributed by atoms with Crippen LogP contribution in [0, 0.1) is 5.92 Å². The van der Waals surface area contributed by atoms with E-state index >= 15 is 0 Å². The third-order valence-corrected chi connectivity index (χ3v) is 8.04. The second-order valence-corrected chi connectivity index (χ2v) is 13.3. The summed E-state index contributed by atoms with van der Waals surface area (Å²) in [6.45, 7) is 16.0. The zero-order chi connectivity index (χ0) is 30.6. The fourth-order valence-corrected chi connectivity index (χ4v) is 5.31. The summed E-state index contributed by atoms with van der Waals surface area (Å²) in [6.07, 6.45) is 19.6. The van der Waals surface area contributed by atoms with Crippen LogP contribution >= 0.6 is 0 Å². The standard InChI is InChI=1S/C33H76N8/c1-28(34)14-8-5-6-9-18-33(41-25-20-31(4)37)27-40-22-11-7-10-21-39-26-32(16-12-15-29(2)35)17-13-23-38-24-19-30(3)36/h28-33,38-41H,5-27,34-37H2,1-4H3. The molecule has 6 atom stereocenters. The van der Waals surface area contributed by atoms with Gasteiger partial charge in [-0.3, -0.25) is 0 Å². The van der Waals surface area contributed by atoms with E-state index in [1.165, 1.54) is 77.0 Å². The number of hydrogen-bond acceptors (Lipinski definition) is 8. The molecule has 8 heteroatoms. The van der Waals surface area contributed by atoms with Crippen molar-refractivity contribution >= 4 is 0 Å². The molecule has 6 unspecified atom stereocenters. The van der Waals surface area contributed by atoms with Crippen molar-refractivity contribution in [2.75, 3.05) is 45.8 Å². The molecule has 0 aliphatic carbocycles. The van der Waals surface area contributed by atoms with Crippen molar-refractivity contribution in [3.63, 3.8) is 0 Å². The van der Waals surface area contributed by atoms with Crippen LogP contribution in [0.1, 0.15) is 130 Å². The van der Waals surface area contributed by atoms with Gasteiger partial charge in [-0.15, -0.1) is 0 Å². The maximum atomic E-state index is 5.99. The topological polar surface area (TPSA) is 152 Å². The van der Waals surface area contributed by atoms with Gasteiger partial charge in [-0.05, 0) is 137 Å². The Kier molecular flexibility index (Phi) is 29.5. The molecule has 248 valence electrons. The summed E-state index contributed by atoms with van der Waals surface area (Å²) in [5.41, 5.74) is 23.7. The van der Waals surface area contributed by atoms with Gasteiger partial charge in [0.1, 0.15) is 0 Å². The fraction of sp³-hybridized carbons (Fsp3) is 1.00. The van der Waals surface area contributed by atoms with Crippen molar-refractivity contribution in [1.29, 1.82) is 0 Å². The third-order valence-electron chi connectivity index (χ3n) is 8.04. The molecule has 12 N–H and O–H groups in total. The minimum atomic E-state index is 0.264. The monoisotopic (exact) mass is 585 g/mol. The second-order valence-electron chi connectivity index (χ2n) is 13.3. The lowest BCUT2D eigenvalue weighted by Crippen LogP contribution is -2.40. The van der Waals surface area contributed by atoms with E-state index in [0.29, 0.717) is 18.1 Å². The van der Waals surface area contributed by atoms with Gasteiger partial charge in [0, 0.05) is 36.8 Å². The van der Waals surface area contributed by atoms with E-state index in [-0.39, 0.29) is 12.1 Å². The van der Waals surface area contributed by atoms with E-state index in [1.54, 1.807) is 0 Å². The molecule has 0 rings (SSSR count). The van der Waals surface area contributed by atoms with E-state index < -0.39 is 0 Å². The molecule has 0 amide bonds. The molecular weight excluding hydrogens is 508 g/mol. The van der Waals surface area contributed by atoms with Crippen LogP contribution in [0.4, 0.5) is 0 Å². The fourth-order valence-electron chi connectivity index (χ4n) is 5.31. The molecule has 0 radical (unpaired) electrons. The van der Waals surface area contributed by atoms with Crippen molar-refractivity contribution in [1.82, 2.24) is 21.3 Å². The lowest BCUT2D eigenvalue weighted by atomic mass is 9.95. The van der Waals surface area contributed by atoms with Gasteiger partial charge in [-0.2, -0.15) is 0 Å². The van der Waals surface area contributed by atoms with Gasteiger partial charge in [0.05, 0.1) is 0 Å². The molecule has 0 heterocycles. The van der Waals surface area contributed by atoms with Gasteiger partial charge in [-0.25, -0.2) is 0 Å². The molecule has 0 bridgehead atoms. The largest absolute Gasteiger partial charge is 0.328 e. The van der Waals surface area contributed by atoms with Gasteiger partial charge in [0.15, 0.2) is 0 Å². The SMILES string of the molecule is CC(N)CCCCCCC(CNCCCCCNCC(CCCNCCC(C)N)CCCC(C)N)NCCC(C)N. The molecule has 0 aliphatic rings. The van der Waals surface area contributed by atoms with E-state index in [0.717, 1.165) is 77.4 Å². The molecule has 0 aromatic heterocycles. The quantitative estimate of drug-likeness (QED) is 0.0553. The van der Waals surface area contributed by atoms with E-state index in [2.05, 4.69) is 49.0 Å². The number of nitrogens with two attached hydrogens (primary N) is 4. The van der Waals surface area contributed by atoms with Crippen LogP contribution in [0.5, 0.6) is 0 Å². The molecule has 0 aliphatic heterocycles. The Morgan fingerprint density at radius 2 is 0.878 bits per heavy atom. The van der Waals surface area contributed by atoms with Gasteiger partial charge in [0.25, 0.3) is 0 Å². The van der Waals surface area contributed by atoms with Crippen molar-refractivity contribution in [2.45, 2.75) is 161 Å². The van der Waals surface area contributed by atoms with E-state index in [9.17, 15) is 0 Å². The van der Waals surface area contributed by atoms with Gasteiger partial charge < -0.3 is 44.2 Å². The van der Waals surface area contributed by atoms with Gasteiger partial charge in [0.2, 0.25) is 0 Å². The molecule has 0 spiro atoms. The molecule has 8 nitrogen and oxygen atoms in total. The first-order valence-electron chi connectivity index (χ1n) is 17.6. The van der Waals surface area contributed by atoms with Crippen LogP contribution in [-0.4, -0.2) is 76.0 Å². The first kappa shape index (κ1) is 40.7. The maximum absolute atomic E-state index is 5.99. The van der Waals surface area contributed by atoms with Crippen LogP contribution < -0.4 is 44.2 Å². The molecule has 0 saturated carbocycles. The highest BCUT2D eigenvalue weighted by Gasteiger charge is 2.10. The molecule has 0 aromatic carbocycles. The zero-order valence-corrected chi connectivity index (χ0v) is 28.0. The molecular formula is C33H76N8. The molecule has 0 fully saturated rings. The Morgan fingerprint density at radius 1 is 0.390 bits per heavy atom. The first-order valence-corrected chi connectivity index (χ1v) is 17.6. The van der Waals surface area contributed by atoms with Crippen molar-refractivity contribution in [3.8, 4) is 0 Å². The van der Waals surface area contributed by atoms with Gasteiger partial charge >= 0.3 is 0 Å². The Bertz CT molecular complexity index is 471. The minimum Gasteiger partial charge on any atom is -0.328 e. The zero-order valence-electron chi connectivity index (χ0n) is 28.0. The smallest absolute Gasteiger partial charge is 0.0192 e. The van der Waals surface area contributed by atoms with E-state index in [1.807, 2.05) is 0 Å². The van der Waals surface area contributed by atoms with Crippen molar-refractivity contribution in [3.05, 3.63) is 0 Å². The van der Waals surface area contributed by atoms with Crippen molar-refractivity contribution < 1.29 is 0 Å². The summed E-state index contributed by atoms with van der Waals surface area (Å²) in [6, 6.07) is 1.74. The highest BCUT2D eigenvalue weighted by molar-refractivity contribution is 4.72. The second kappa shape index (κ2) is 29.7. The summed E-state index contributed by atoms with van der Waals surface area (Å²) in [5.74, 6) is 0.751. The Balaban J connectivity index is 4.04. The summed E-state index contributed by atoms with van der Waals surface area (Å²) >= 11 is 0. The summed E-state index contributed by atoms with van der Waals surface area (Å²) < 4.78 is 0. The van der Waals surface area contributed by atoms with E-state index in [4.69, 9.17) is 22.9 Å². The molecule has 41 heavy (non-hydrogen) atoms.